The Balaban J connectivity index is 1.42. The van der Waals surface area contributed by atoms with Gasteiger partial charge in [0.1, 0.15) is 11.5 Å². The van der Waals surface area contributed by atoms with Gasteiger partial charge in [-0.15, -0.1) is 0 Å². The molecule has 37 heavy (non-hydrogen) atoms. The monoisotopic (exact) mass is 509 g/mol. The Bertz CT molecular complexity index is 1280. The van der Waals surface area contributed by atoms with Gasteiger partial charge in [0.2, 0.25) is 5.91 Å². The van der Waals surface area contributed by atoms with Crippen molar-refractivity contribution >= 4 is 17.6 Å². The fourth-order valence-electron chi connectivity index (χ4n) is 4.79. The molecule has 198 valence electrons. The summed E-state index contributed by atoms with van der Waals surface area (Å²) in [4.78, 5) is 31.0. The van der Waals surface area contributed by atoms with Crippen LogP contribution >= 0.6 is 0 Å². The lowest BCUT2D eigenvalue weighted by atomic mass is 10.0. The molecular weight excluding hydrogens is 474 g/mol. The number of piperidine rings is 1. The number of nitrogens with one attached hydrogen (secondary N) is 1. The summed E-state index contributed by atoms with van der Waals surface area (Å²) < 4.78 is 17.7. The smallest absolute Gasteiger partial charge is 0.409 e. The van der Waals surface area contributed by atoms with Crippen molar-refractivity contribution in [3.63, 3.8) is 0 Å². The molecule has 2 aromatic heterocycles. The van der Waals surface area contributed by atoms with Gasteiger partial charge < -0.3 is 24.4 Å². The molecule has 0 atom stereocenters. The third-order valence-corrected chi connectivity index (χ3v) is 6.84. The molecule has 1 N–H and O–H groups in total. The largest absolute Gasteiger partial charge is 0.497 e. The number of carbonyl (C=O) groups excluding carboxylic acids is 2. The summed E-state index contributed by atoms with van der Waals surface area (Å²) in [5.74, 6) is 1.37. The van der Waals surface area contributed by atoms with Crippen LogP contribution in [-0.2, 0) is 16.0 Å². The first-order valence-corrected chi connectivity index (χ1v) is 12.6. The van der Waals surface area contributed by atoms with Crippen molar-refractivity contribution in [3.05, 3.63) is 41.2 Å². The molecule has 0 aliphatic carbocycles. The molecule has 1 fully saturated rings. The van der Waals surface area contributed by atoms with Crippen molar-refractivity contribution in [1.82, 2.24) is 24.8 Å². The van der Waals surface area contributed by atoms with Crippen LogP contribution in [0.4, 0.5) is 4.79 Å². The summed E-state index contributed by atoms with van der Waals surface area (Å²) in [6.07, 6.45) is 2.08. The van der Waals surface area contributed by atoms with E-state index in [1.165, 1.54) is 0 Å². The zero-order valence-electron chi connectivity index (χ0n) is 22.2. The number of nitrogens with zero attached hydrogens (tertiary/aromatic N) is 4. The number of rotatable bonds is 8. The van der Waals surface area contributed by atoms with Crippen molar-refractivity contribution in [2.75, 3.05) is 33.9 Å². The SMILES string of the molecule is CCOC(=O)N1CCC(NC(=O)CCc2c(C)nc3cc(-c4ccc(OC)cc4OC)nn3c2C)CC1. The third kappa shape index (κ3) is 5.79. The number of ether oxygens (including phenoxy) is 3. The van der Waals surface area contributed by atoms with Crippen LogP contribution in [0, 0.1) is 13.8 Å². The van der Waals surface area contributed by atoms with Gasteiger partial charge in [-0.05, 0) is 57.7 Å². The number of methoxy groups -OCH3 is 2. The second-order valence-electron chi connectivity index (χ2n) is 9.15. The molecule has 0 unspecified atom stereocenters. The van der Waals surface area contributed by atoms with E-state index in [-0.39, 0.29) is 18.0 Å². The molecule has 0 spiro atoms. The zero-order chi connectivity index (χ0) is 26.5. The molecule has 4 rings (SSSR count). The van der Waals surface area contributed by atoms with Gasteiger partial charge >= 0.3 is 6.09 Å². The van der Waals surface area contributed by atoms with E-state index in [9.17, 15) is 9.59 Å². The highest BCUT2D eigenvalue weighted by Crippen LogP contribution is 2.33. The number of benzene rings is 1. The summed E-state index contributed by atoms with van der Waals surface area (Å²) in [6.45, 7) is 7.30. The Morgan fingerprint density at radius 2 is 1.86 bits per heavy atom. The standard InChI is InChI=1S/C27H35N5O5/c1-6-37-27(34)31-13-11-19(12-14-31)29-26(33)10-9-21-17(2)28-25-16-23(30-32(25)18(21)3)22-8-7-20(35-4)15-24(22)36-5/h7-8,15-16,19H,6,9-14H2,1-5H3,(H,29,33). The van der Waals surface area contributed by atoms with Gasteiger partial charge in [0.05, 0.1) is 26.5 Å². The highest BCUT2D eigenvalue weighted by atomic mass is 16.6. The molecule has 10 nitrogen and oxygen atoms in total. The molecule has 10 heteroatoms. The summed E-state index contributed by atoms with van der Waals surface area (Å²) in [5, 5.41) is 7.91. The van der Waals surface area contributed by atoms with Crippen LogP contribution in [-0.4, -0.2) is 71.5 Å². The average Bonchev–Trinajstić information content (AvgIpc) is 3.32. The van der Waals surface area contributed by atoms with E-state index in [2.05, 4.69) is 5.32 Å². The van der Waals surface area contributed by atoms with Crippen LogP contribution < -0.4 is 14.8 Å². The predicted molar refractivity (Wildman–Crippen MR) is 139 cm³/mol. The maximum absolute atomic E-state index is 12.7. The normalized spacial score (nSPS) is 14.0. The Morgan fingerprint density at radius 3 is 2.54 bits per heavy atom. The van der Waals surface area contributed by atoms with Crippen molar-refractivity contribution in [1.29, 1.82) is 0 Å². The van der Waals surface area contributed by atoms with Crippen molar-refractivity contribution in [2.45, 2.75) is 52.5 Å². The number of aryl methyl sites for hydroxylation is 2. The molecule has 0 saturated carbocycles. The highest BCUT2D eigenvalue weighted by Gasteiger charge is 2.25. The minimum atomic E-state index is -0.284. The van der Waals surface area contributed by atoms with Gasteiger partial charge in [0.15, 0.2) is 5.65 Å². The maximum atomic E-state index is 12.7. The topological polar surface area (TPSA) is 107 Å². The molecule has 2 amide bonds. The minimum absolute atomic E-state index is 0.00222. The van der Waals surface area contributed by atoms with Crippen LogP contribution in [0.5, 0.6) is 11.5 Å². The van der Waals surface area contributed by atoms with Gasteiger partial charge in [-0.3, -0.25) is 4.79 Å². The van der Waals surface area contributed by atoms with Crippen molar-refractivity contribution in [2.24, 2.45) is 0 Å². The Hall–Kier alpha value is -3.82. The number of fused-ring (bicyclic) bond motifs is 1. The first-order valence-electron chi connectivity index (χ1n) is 12.6. The summed E-state index contributed by atoms with van der Waals surface area (Å²) in [6, 6.07) is 7.62. The highest BCUT2D eigenvalue weighted by molar-refractivity contribution is 5.77. The average molecular weight is 510 g/mol. The number of hydrogen-bond donors (Lipinski definition) is 1. The molecule has 3 aromatic rings. The fourth-order valence-corrected chi connectivity index (χ4v) is 4.79. The second-order valence-corrected chi connectivity index (χ2v) is 9.15. The van der Waals surface area contributed by atoms with Gasteiger partial charge in [-0.1, -0.05) is 0 Å². The first-order chi connectivity index (χ1) is 17.8. The number of carbonyl (C=O) groups is 2. The second kappa shape index (κ2) is 11.5. The lowest BCUT2D eigenvalue weighted by Gasteiger charge is -2.31. The Labute approximate surface area is 216 Å². The van der Waals surface area contributed by atoms with Crippen LogP contribution in [0.1, 0.15) is 43.1 Å². The zero-order valence-corrected chi connectivity index (χ0v) is 22.2. The van der Waals surface area contributed by atoms with E-state index in [1.54, 1.807) is 26.0 Å². The van der Waals surface area contributed by atoms with Crippen molar-refractivity contribution < 1.29 is 23.8 Å². The summed E-state index contributed by atoms with van der Waals surface area (Å²) in [7, 11) is 3.24. The lowest BCUT2D eigenvalue weighted by molar-refractivity contribution is -0.122. The number of likely N-dealkylation sites (tertiary alicyclic amines) is 1. The van der Waals surface area contributed by atoms with Gasteiger partial charge in [-0.25, -0.2) is 14.3 Å². The van der Waals surface area contributed by atoms with E-state index in [1.807, 2.05) is 42.6 Å². The van der Waals surface area contributed by atoms with E-state index < -0.39 is 0 Å². The van der Waals surface area contributed by atoms with Crippen LogP contribution in [0.3, 0.4) is 0 Å². The Kier molecular flexibility index (Phi) is 8.15. The molecule has 0 bridgehead atoms. The van der Waals surface area contributed by atoms with Gasteiger partial charge in [-0.2, -0.15) is 5.10 Å². The molecule has 1 aliphatic rings. The molecule has 1 saturated heterocycles. The van der Waals surface area contributed by atoms with Crippen LogP contribution in [0.2, 0.25) is 0 Å². The maximum Gasteiger partial charge on any atom is 0.409 e. The van der Waals surface area contributed by atoms with Gasteiger partial charge in [0.25, 0.3) is 0 Å². The van der Waals surface area contributed by atoms with E-state index in [0.29, 0.717) is 44.0 Å². The van der Waals surface area contributed by atoms with Gasteiger partial charge in [0, 0.05) is 54.6 Å². The summed E-state index contributed by atoms with van der Waals surface area (Å²) >= 11 is 0. The molecule has 1 aromatic carbocycles. The molecule has 1 aliphatic heterocycles. The molecular formula is C27H35N5O5. The quantitative estimate of drug-likeness (QED) is 0.493. The van der Waals surface area contributed by atoms with E-state index >= 15 is 0 Å². The van der Waals surface area contributed by atoms with Crippen LogP contribution in [0.15, 0.2) is 24.3 Å². The van der Waals surface area contributed by atoms with Crippen LogP contribution in [0.25, 0.3) is 16.9 Å². The van der Waals surface area contributed by atoms with E-state index in [0.717, 1.165) is 46.7 Å². The van der Waals surface area contributed by atoms with E-state index in [4.69, 9.17) is 24.3 Å². The lowest BCUT2D eigenvalue weighted by Crippen LogP contribution is -2.46. The number of hydrogen-bond acceptors (Lipinski definition) is 7. The fraction of sp³-hybridized carbons (Fsp3) is 0.481. The third-order valence-electron chi connectivity index (χ3n) is 6.84. The molecule has 3 heterocycles. The number of amides is 2. The predicted octanol–water partition coefficient (Wildman–Crippen LogP) is 3.70. The Morgan fingerprint density at radius 1 is 1.11 bits per heavy atom. The van der Waals surface area contributed by atoms with Crippen molar-refractivity contribution in [3.8, 4) is 22.8 Å². The minimum Gasteiger partial charge on any atom is -0.497 e. The molecule has 0 radical (unpaired) electrons. The first kappa shape index (κ1) is 26.2. The number of aromatic nitrogens is 3. The summed E-state index contributed by atoms with van der Waals surface area (Å²) in [5.41, 5.74) is 5.19.